The van der Waals surface area contributed by atoms with Gasteiger partial charge in [-0.25, -0.2) is 27.9 Å². The quantitative estimate of drug-likeness (QED) is 0.614. The number of aromatic nitrogens is 3. The zero-order chi connectivity index (χ0) is 18.9. The Morgan fingerprint density at radius 3 is 2.69 bits per heavy atom. The van der Waals surface area contributed by atoms with Crippen molar-refractivity contribution in [3.63, 3.8) is 0 Å². The Bertz CT molecular complexity index is 1050. The van der Waals surface area contributed by atoms with Gasteiger partial charge >= 0.3 is 0 Å². The average Bonchev–Trinajstić information content (AvgIpc) is 3.06. The second-order valence-electron chi connectivity index (χ2n) is 5.57. The molecule has 136 valence electrons. The molecule has 4 N–H and O–H groups in total. The molecule has 3 aromatic rings. The summed E-state index contributed by atoms with van der Waals surface area (Å²) in [5.41, 5.74) is 0.932. The number of nitrogens with zero attached hydrogens (tertiary/aromatic N) is 2. The third-order valence-electron chi connectivity index (χ3n) is 3.65. The van der Waals surface area contributed by atoms with Crippen LogP contribution in [0.4, 0.5) is 10.2 Å². The van der Waals surface area contributed by atoms with Crippen molar-refractivity contribution in [1.82, 2.24) is 15.0 Å². The highest BCUT2D eigenvalue weighted by Crippen LogP contribution is 2.27. The number of benzene rings is 1. The molecule has 1 aromatic carbocycles. The standard InChI is InChI=1S/C16H15ClFN5O2S/c1-9-12(18)5-6-13(21-9)22-15(10-3-2-4-11(17)7-10)16-20-8-14(23-16)26(19,24)25/h2-8,15H,1H3,(H,20,23)(H,21,22)(H2,19,24,25)/t15-/m0/s1. The lowest BCUT2D eigenvalue weighted by atomic mass is 10.1. The van der Waals surface area contributed by atoms with Gasteiger partial charge in [-0.05, 0) is 36.8 Å². The van der Waals surface area contributed by atoms with E-state index in [-0.39, 0.29) is 10.7 Å². The molecule has 26 heavy (non-hydrogen) atoms. The zero-order valence-electron chi connectivity index (χ0n) is 13.6. The molecule has 3 rings (SSSR count). The number of sulfonamides is 1. The second-order valence-corrected chi connectivity index (χ2v) is 7.54. The Morgan fingerprint density at radius 1 is 1.31 bits per heavy atom. The number of rotatable bonds is 5. The minimum atomic E-state index is -3.93. The average molecular weight is 396 g/mol. The van der Waals surface area contributed by atoms with Crippen LogP contribution in [0.3, 0.4) is 0 Å². The molecule has 0 saturated carbocycles. The van der Waals surface area contributed by atoms with Crippen molar-refractivity contribution < 1.29 is 12.8 Å². The number of nitrogens with one attached hydrogen (secondary N) is 2. The SMILES string of the molecule is Cc1nc(N[C@@H](c2cccc(Cl)c2)c2ncc(S(N)(=O)=O)[nH]2)ccc1F. The fraction of sp³-hybridized carbons (Fsp3) is 0.125. The van der Waals surface area contributed by atoms with Gasteiger partial charge in [-0.2, -0.15) is 0 Å². The molecule has 0 aliphatic carbocycles. The predicted molar refractivity (Wildman–Crippen MR) is 95.8 cm³/mol. The number of anilines is 1. The van der Waals surface area contributed by atoms with Crippen molar-refractivity contribution in [3.05, 3.63) is 70.5 Å². The summed E-state index contributed by atoms with van der Waals surface area (Å²) in [6.07, 6.45) is 1.13. The van der Waals surface area contributed by atoms with Crippen LogP contribution in [0.5, 0.6) is 0 Å². The molecule has 0 aliphatic rings. The number of aryl methyl sites for hydroxylation is 1. The lowest BCUT2D eigenvalue weighted by Gasteiger charge is -2.18. The third kappa shape index (κ3) is 4.01. The Hall–Kier alpha value is -2.49. The Kier molecular flexibility index (Phi) is 4.94. The molecule has 0 radical (unpaired) electrons. The van der Waals surface area contributed by atoms with Crippen molar-refractivity contribution >= 4 is 27.4 Å². The van der Waals surface area contributed by atoms with E-state index in [1.54, 1.807) is 31.2 Å². The van der Waals surface area contributed by atoms with E-state index in [9.17, 15) is 12.8 Å². The van der Waals surface area contributed by atoms with Gasteiger partial charge in [0.05, 0.1) is 11.9 Å². The summed E-state index contributed by atoms with van der Waals surface area (Å²) in [5.74, 6) is 0.256. The normalized spacial score (nSPS) is 12.8. The largest absolute Gasteiger partial charge is 0.356 e. The summed E-state index contributed by atoms with van der Waals surface area (Å²) < 4.78 is 36.5. The molecule has 7 nitrogen and oxygen atoms in total. The van der Waals surface area contributed by atoms with Crippen LogP contribution < -0.4 is 10.5 Å². The van der Waals surface area contributed by atoms with E-state index in [1.807, 2.05) is 0 Å². The fourth-order valence-corrected chi connectivity index (χ4v) is 3.02. The van der Waals surface area contributed by atoms with E-state index in [0.29, 0.717) is 22.2 Å². The number of halogens is 2. The zero-order valence-corrected chi connectivity index (χ0v) is 15.1. The number of hydrogen-bond acceptors (Lipinski definition) is 5. The van der Waals surface area contributed by atoms with Crippen LogP contribution in [-0.2, 0) is 10.0 Å². The number of imidazole rings is 1. The summed E-state index contributed by atoms with van der Waals surface area (Å²) in [4.78, 5) is 10.9. The van der Waals surface area contributed by atoms with Crippen LogP contribution in [0, 0.1) is 12.7 Å². The van der Waals surface area contributed by atoms with Crippen LogP contribution in [0.25, 0.3) is 0 Å². The van der Waals surface area contributed by atoms with E-state index in [4.69, 9.17) is 16.7 Å². The number of aromatic amines is 1. The van der Waals surface area contributed by atoms with Gasteiger partial charge in [-0.15, -0.1) is 0 Å². The molecular formula is C16H15ClFN5O2S. The van der Waals surface area contributed by atoms with Crippen LogP contribution >= 0.6 is 11.6 Å². The molecule has 0 spiro atoms. The van der Waals surface area contributed by atoms with Crippen molar-refractivity contribution in [1.29, 1.82) is 0 Å². The van der Waals surface area contributed by atoms with Crippen LogP contribution in [0.1, 0.15) is 23.1 Å². The molecule has 0 unspecified atom stereocenters. The highest BCUT2D eigenvalue weighted by atomic mass is 35.5. The lowest BCUT2D eigenvalue weighted by molar-refractivity contribution is 0.594. The van der Waals surface area contributed by atoms with Gasteiger partial charge < -0.3 is 10.3 Å². The summed E-state index contributed by atoms with van der Waals surface area (Å²) in [6.45, 7) is 1.54. The van der Waals surface area contributed by atoms with E-state index in [1.165, 1.54) is 12.1 Å². The minimum absolute atomic E-state index is 0.218. The third-order valence-corrected chi connectivity index (χ3v) is 4.70. The van der Waals surface area contributed by atoms with Gasteiger partial charge in [0, 0.05) is 5.02 Å². The molecule has 0 saturated heterocycles. The highest BCUT2D eigenvalue weighted by molar-refractivity contribution is 7.89. The first kappa shape index (κ1) is 18.3. The molecule has 0 bridgehead atoms. The van der Waals surface area contributed by atoms with Crippen LogP contribution in [0.15, 0.2) is 47.6 Å². The number of nitrogens with two attached hydrogens (primary N) is 1. The molecule has 0 amide bonds. The van der Waals surface area contributed by atoms with Crippen molar-refractivity contribution in [2.75, 3.05) is 5.32 Å². The number of primary sulfonamides is 1. The van der Waals surface area contributed by atoms with Crippen LogP contribution in [0.2, 0.25) is 5.02 Å². The topological polar surface area (TPSA) is 114 Å². The van der Waals surface area contributed by atoms with E-state index in [0.717, 1.165) is 6.20 Å². The first-order chi connectivity index (χ1) is 12.2. The Labute approximate surface area is 154 Å². The molecule has 10 heteroatoms. The summed E-state index contributed by atoms with van der Waals surface area (Å²) >= 11 is 6.06. The Balaban J connectivity index is 2.04. The van der Waals surface area contributed by atoms with Crippen LogP contribution in [-0.4, -0.2) is 23.4 Å². The predicted octanol–water partition coefficient (Wildman–Crippen LogP) is 2.75. The maximum Gasteiger partial charge on any atom is 0.255 e. The van der Waals surface area contributed by atoms with Gasteiger partial charge in [0.1, 0.15) is 23.5 Å². The summed E-state index contributed by atoms with van der Waals surface area (Å²) in [5, 5.41) is 8.51. The second kappa shape index (κ2) is 7.02. The van der Waals surface area contributed by atoms with E-state index >= 15 is 0 Å². The molecule has 2 aromatic heterocycles. The van der Waals surface area contributed by atoms with Crippen molar-refractivity contribution in [2.24, 2.45) is 5.14 Å². The maximum absolute atomic E-state index is 13.5. The van der Waals surface area contributed by atoms with Gasteiger partial charge in [-0.3, -0.25) is 0 Å². The molecule has 0 aliphatic heterocycles. The van der Waals surface area contributed by atoms with Crippen molar-refractivity contribution in [2.45, 2.75) is 18.0 Å². The van der Waals surface area contributed by atoms with E-state index in [2.05, 4.69) is 20.3 Å². The summed E-state index contributed by atoms with van der Waals surface area (Å²) in [7, 11) is -3.93. The van der Waals surface area contributed by atoms with Gasteiger partial charge in [0.2, 0.25) is 0 Å². The first-order valence-electron chi connectivity index (χ1n) is 7.47. The maximum atomic E-state index is 13.5. The van der Waals surface area contributed by atoms with Gasteiger partial charge in [-0.1, -0.05) is 23.7 Å². The van der Waals surface area contributed by atoms with Crippen molar-refractivity contribution in [3.8, 4) is 0 Å². The van der Waals surface area contributed by atoms with Gasteiger partial charge in [0.25, 0.3) is 10.0 Å². The smallest absolute Gasteiger partial charge is 0.255 e. The summed E-state index contributed by atoms with van der Waals surface area (Å²) in [6, 6.07) is 9.11. The van der Waals surface area contributed by atoms with Gasteiger partial charge in [0.15, 0.2) is 5.03 Å². The first-order valence-corrected chi connectivity index (χ1v) is 9.39. The van der Waals surface area contributed by atoms with E-state index < -0.39 is 21.9 Å². The number of H-pyrrole nitrogens is 1. The minimum Gasteiger partial charge on any atom is -0.356 e. The monoisotopic (exact) mass is 395 g/mol. The Morgan fingerprint density at radius 2 is 2.08 bits per heavy atom. The molecule has 1 atom stereocenters. The fourth-order valence-electron chi connectivity index (χ4n) is 2.38. The number of hydrogen-bond donors (Lipinski definition) is 3. The molecular weight excluding hydrogens is 381 g/mol. The molecule has 2 heterocycles. The molecule has 0 fully saturated rings. The lowest BCUT2D eigenvalue weighted by Crippen LogP contribution is -2.16. The highest BCUT2D eigenvalue weighted by Gasteiger charge is 2.21. The number of pyridine rings is 1.